The Morgan fingerprint density at radius 1 is 1.38 bits per heavy atom. The van der Waals surface area contributed by atoms with Crippen LogP contribution >= 0.6 is 0 Å². The minimum absolute atomic E-state index is 0.378. The Morgan fingerprint density at radius 2 is 2.19 bits per heavy atom. The number of fused-ring (bicyclic) bond motifs is 1. The molecule has 1 aromatic heterocycles. The van der Waals surface area contributed by atoms with Gasteiger partial charge in [0.25, 0.3) is 0 Å². The highest BCUT2D eigenvalue weighted by molar-refractivity contribution is 5.29. The van der Waals surface area contributed by atoms with Gasteiger partial charge in [0.1, 0.15) is 0 Å². The maximum absolute atomic E-state index is 5.82. The highest BCUT2D eigenvalue weighted by Gasteiger charge is 2.38. The van der Waals surface area contributed by atoms with E-state index in [-0.39, 0.29) is 0 Å². The van der Waals surface area contributed by atoms with E-state index < -0.39 is 0 Å². The molecule has 3 nitrogen and oxygen atoms in total. The zero-order chi connectivity index (χ0) is 11.0. The van der Waals surface area contributed by atoms with Crippen LogP contribution in [0, 0.1) is 5.41 Å². The highest BCUT2D eigenvalue weighted by Crippen LogP contribution is 2.40. The molecule has 0 radical (unpaired) electrons. The van der Waals surface area contributed by atoms with E-state index in [1.807, 2.05) is 12.3 Å². The van der Waals surface area contributed by atoms with Crippen LogP contribution in [0.25, 0.3) is 0 Å². The molecule has 0 N–H and O–H groups in total. The molecular weight excluding hydrogens is 200 g/mol. The van der Waals surface area contributed by atoms with Gasteiger partial charge in [-0.3, -0.25) is 0 Å². The maximum Gasteiger partial charge on any atom is 0.216 e. The van der Waals surface area contributed by atoms with Crippen molar-refractivity contribution in [3.05, 3.63) is 23.9 Å². The molecule has 0 unspecified atom stereocenters. The number of hydrogen-bond acceptors (Lipinski definition) is 3. The van der Waals surface area contributed by atoms with Crippen LogP contribution in [0.5, 0.6) is 5.88 Å². The van der Waals surface area contributed by atoms with Crippen molar-refractivity contribution in [3.63, 3.8) is 0 Å². The van der Waals surface area contributed by atoms with Crippen molar-refractivity contribution in [1.82, 2.24) is 9.88 Å². The topological polar surface area (TPSA) is 25.4 Å². The molecule has 2 aliphatic heterocycles. The number of pyridine rings is 1. The monoisotopic (exact) mass is 218 g/mol. The lowest BCUT2D eigenvalue weighted by Gasteiger charge is -2.42. The standard InChI is InChI=1S/C13H18N2O/c1-15-7-4-13(5-8-15)9-11-3-2-6-14-12(11)16-10-13/h2-3,6H,4-5,7-10H2,1H3. The summed E-state index contributed by atoms with van der Waals surface area (Å²) in [4.78, 5) is 6.69. The normalized spacial score (nSPS) is 23.8. The van der Waals surface area contributed by atoms with Crippen LogP contribution in [-0.2, 0) is 6.42 Å². The molecule has 0 aliphatic carbocycles. The fourth-order valence-corrected chi connectivity index (χ4v) is 2.78. The summed E-state index contributed by atoms with van der Waals surface area (Å²) in [6.45, 7) is 3.24. The predicted molar refractivity (Wildman–Crippen MR) is 62.6 cm³/mol. The Bertz CT molecular complexity index is 383. The first-order valence-corrected chi connectivity index (χ1v) is 6.03. The molecule has 0 bridgehead atoms. The van der Waals surface area contributed by atoms with Gasteiger partial charge in [-0.2, -0.15) is 0 Å². The van der Waals surface area contributed by atoms with Gasteiger partial charge in [0.15, 0.2) is 0 Å². The molecule has 1 spiro atoms. The summed E-state index contributed by atoms with van der Waals surface area (Å²) in [5, 5.41) is 0. The Kier molecular flexibility index (Phi) is 2.36. The van der Waals surface area contributed by atoms with Crippen molar-refractivity contribution in [3.8, 4) is 5.88 Å². The van der Waals surface area contributed by atoms with Gasteiger partial charge in [0, 0.05) is 17.2 Å². The quantitative estimate of drug-likeness (QED) is 0.663. The van der Waals surface area contributed by atoms with Crippen molar-refractivity contribution in [2.45, 2.75) is 19.3 Å². The molecule has 3 heterocycles. The number of aromatic nitrogens is 1. The largest absolute Gasteiger partial charge is 0.477 e. The first-order chi connectivity index (χ1) is 7.77. The maximum atomic E-state index is 5.82. The van der Waals surface area contributed by atoms with Gasteiger partial charge in [0.2, 0.25) is 5.88 Å². The molecule has 0 aromatic carbocycles. The van der Waals surface area contributed by atoms with Crippen molar-refractivity contribution in [2.75, 3.05) is 26.7 Å². The minimum Gasteiger partial charge on any atom is -0.477 e. The lowest BCUT2D eigenvalue weighted by Crippen LogP contribution is -2.44. The average molecular weight is 218 g/mol. The Labute approximate surface area is 96.4 Å². The molecule has 16 heavy (non-hydrogen) atoms. The third-order valence-electron chi connectivity index (χ3n) is 3.98. The van der Waals surface area contributed by atoms with Gasteiger partial charge in [-0.05, 0) is 45.5 Å². The van der Waals surface area contributed by atoms with E-state index in [0.717, 1.165) is 18.9 Å². The summed E-state index contributed by atoms with van der Waals surface area (Å²) in [6, 6.07) is 4.16. The molecule has 2 aliphatic rings. The van der Waals surface area contributed by atoms with Crippen LogP contribution in [0.15, 0.2) is 18.3 Å². The zero-order valence-electron chi connectivity index (χ0n) is 9.78. The van der Waals surface area contributed by atoms with Gasteiger partial charge in [-0.25, -0.2) is 4.98 Å². The summed E-state index contributed by atoms with van der Waals surface area (Å²) in [6.07, 6.45) is 5.45. The van der Waals surface area contributed by atoms with Crippen molar-refractivity contribution in [1.29, 1.82) is 0 Å². The number of nitrogens with zero attached hydrogens (tertiary/aromatic N) is 2. The van der Waals surface area contributed by atoms with Crippen LogP contribution in [-0.4, -0.2) is 36.6 Å². The van der Waals surface area contributed by atoms with Crippen LogP contribution in [0.2, 0.25) is 0 Å². The molecule has 86 valence electrons. The van der Waals surface area contributed by atoms with Gasteiger partial charge < -0.3 is 9.64 Å². The van der Waals surface area contributed by atoms with Gasteiger partial charge >= 0.3 is 0 Å². The molecule has 1 fully saturated rings. The first-order valence-electron chi connectivity index (χ1n) is 6.03. The predicted octanol–water partition coefficient (Wildman–Crippen LogP) is 1.73. The summed E-state index contributed by atoms with van der Waals surface area (Å²) in [7, 11) is 2.20. The average Bonchev–Trinajstić information content (AvgIpc) is 2.33. The number of piperidine rings is 1. The summed E-state index contributed by atoms with van der Waals surface area (Å²) in [5.74, 6) is 0.854. The van der Waals surface area contributed by atoms with Crippen LogP contribution < -0.4 is 4.74 Å². The van der Waals surface area contributed by atoms with E-state index in [0.29, 0.717) is 5.41 Å². The molecule has 0 saturated carbocycles. The second-order valence-electron chi connectivity index (χ2n) is 5.24. The van der Waals surface area contributed by atoms with E-state index in [9.17, 15) is 0 Å². The summed E-state index contributed by atoms with van der Waals surface area (Å²) in [5.41, 5.74) is 1.67. The highest BCUT2D eigenvalue weighted by atomic mass is 16.5. The lowest BCUT2D eigenvalue weighted by molar-refractivity contribution is 0.0470. The Morgan fingerprint density at radius 3 is 3.00 bits per heavy atom. The smallest absolute Gasteiger partial charge is 0.216 e. The van der Waals surface area contributed by atoms with Crippen molar-refractivity contribution >= 4 is 0 Å². The molecule has 0 amide bonds. The molecular formula is C13H18N2O. The summed E-state index contributed by atoms with van der Waals surface area (Å²) >= 11 is 0. The SMILES string of the molecule is CN1CCC2(CC1)COc1ncccc1C2. The van der Waals surface area contributed by atoms with E-state index in [4.69, 9.17) is 4.74 Å². The van der Waals surface area contributed by atoms with Gasteiger partial charge in [-0.1, -0.05) is 6.07 Å². The third-order valence-corrected chi connectivity index (χ3v) is 3.98. The van der Waals surface area contributed by atoms with Crippen molar-refractivity contribution in [2.24, 2.45) is 5.41 Å². The summed E-state index contributed by atoms with van der Waals surface area (Å²) < 4.78 is 5.82. The van der Waals surface area contributed by atoms with Gasteiger partial charge in [0.05, 0.1) is 6.61 Å². The van der Waals surface area contributed by atoms with Gasteiger partial charge in [-0.15, -0.1) is 0 Å². The van der Waals surface area contributed by atoms with Crippen LogP contribution in [0.4, 0.5) is 0 Å². The van der Waals surface area contributed by atoms with E-state index in [2.05, 4.69) is 23.0 Å². The molecule has 3 heteroatoms. The third kappa shape index (κ3) is 1.69. The second kappa shape index (κ2) is 3.74. The Balaban J connectivity index is 1.82. The minimum atomic E-state index is 0.378. The fourth-order valence-electron chi connectivity index (χ4n) is 2.78. The van der Waals surface area contributed by atoms with E-state index in [1.54, 1.807) is 0 Å². The zero-order valence-corrected chi connectivity index (χ0v) is 9.78. The molecule has 1 saturated heterocycles. The van der Waals surface area contributed by atoms with E-state index in [1.165, 1.54) is 31.5 Å². The second-order valence-corrected chi connectivity index (χ2v) is 5.24. The number of hydrogen-bond donors (Lipinski definition) is 0. The molecule has 3 rings (SSSR count). The first kappa shape index (κ1) is 10.1. The van der Waals surface area contributed by atoms with Crippen LogP contribution in [0.1, 0.15) is 18.4 Å². The number of ether oxygens (including phenoxy) is 1. The lowest BCUT2D eigenvalue weighted by atomic mass is 9.73. The number of likely N-dealkylation sites (tertiary alicyclic amines) is 1. The molecule has 1 aromatic rings. The number of rotatable bonds is 0. The molecule has 0 atom stereocenters. The van der Waals surface area contributed by atoms with Crippen LogP contribution in [0.3, 0.4) is 0 Å². The Hall–Kier alpha value is -1.09. The fraction of sp³-hybridized carbons (Fsp3) is 0.615. The van der Waals surface area contributed by atoms with Crippen molar-refractivity contribution < 1.29 is 4.74 Å². The van der Waals surface area contributed by atoms with E-state index >= 15 is 0 Å².